The summed E-state index contributed by atoms with van der Waals surface area (Å²) in [4.78, 5) is 15.1. The van der Waals surface area contributed by atoms with Gasteiger partial charge in [0, 0.05) is 12.6 Å². The van der Waals surface area contributed by atoms with E-state index >= 15 is 0 Å². The zero-order valence-electron chi connectivity index (χ0n) is 14.4. The Labute approximate surface area is 144 Å². The monoisotopic (exact) mass is 322 g/mol. The second-order valence-electron chi connectivity index (χ2n) is 6.65. The second kappa shape index (κ2) is 8.11. The Morgan fingerprint density at radius 1 is 1.00 bits per heavy atom. The fourth-order valence-corrected chi connectivity index (χ4v) is 3.30. The Kier molecular flexibility index (Phi) is 5.65. The minimum absolute atomic E-state index is 0.230. The molecule has 1 fully saturated rings. The zero-order valence-corrected chi connectivity index (χ0v) is 14.4. The molecule has 3 heteroatoms. The average Bonchev–Trinajstić information content (AvgIpc) is 2.63. The smallest absolute Gasteiger partial charge is 0.227 e. The van der Waals surface area contributed by atoms with Gasteiger partial charge in [0.2, 0.25) is 5.91 Å². The fourth-order valence-electron chi connectivity index (χ4n) is 3.30. The highest BCUT2D eigenvalue weighted by Crippen LogP contribution is 2.18. The number of hydrogen-bond acceptors (Lipinski definition) is 2. The molecule has 126 valence electrons. The van der Waals surface area contributed by atoms with Crippen LogP contribution in [0.4, 0.5) is 0 Å². The van der Waals surface area contributed by atoms with E-state index in [4.69, 9.17) is 0 Å². The summed E-state index contributed by atoms with van der Waals surface area (Å²) in [5.74, 6) is 0.230. The molecule has 0 aliphatic carbocycles. The first-order chi connectivity index (χ1) is 11.7. The lowest BCUT2D eigenvalue weighted by molar-refractivity contribution is -0.134. The Morgan fingerprint density at radius 2 is 1.67 bits per heavy atom. The van der Waals surface area contributed by atoms with E-state index in [1.807, 2.05) is 30.3 Å². The summed E-state index contributed by atoms with van der Waals surface area (Å²) in [7, 11) is 0. The van der Waals surface area contributed by atoms with Crippen molar-refractivity contribution in [3.8, 4) is 0 Å². The lowest BCUT2D eigenvalue weighted by Gasteiger charge is -2.35. The Morgan fingerprint density at radius 3 is 2.33 bits per heavy atom. The molecule has 3 nitrogen and oxygen atoms in total. The lowest BCUT2D eigenvalue weighted by Crippen LogP contribution is -2.46. The van der Waals surface area contributed by atoms with E-state index in [0.717, 1.165) is 31.5 Å². The maximum Gasteiger partial charge on any atom is 0.227 e. The van der Waals surface area contributed by atoms with E-state index in [0.29, 0.717) is 19.0 Å². The maximum absolute atomic E-state index is 13.0. The highest BCUT2D eigenvalue weighted by Gasteiger charge is 2.25. The minimum Gasteiger partial charge on any atom is -0.335 e. The van der Waals surface area contributed by atoms with E-state index in [1.54, 1.807) is 0 Å². The Bertz CT molecular complexity index is 645. The summed E-state index contributed by atoms with van der Waals surface area (Å²) in [5.41, 5.74) is 3.55. The molecule has 0 bridgehead atoms. The van der Waals surface area contributed by atoms with Crippen molar-refractivity contribution >= 4 is 5.91 Å². The number of aryl methyl sites for hydroxylation is 1. The van der Waals surface area contributed by atoms with Crippen LogP contribution in [0.1, 0.15) is 29.5 Å². The Hall–Kier alpha value is -2.13. The van der Waals surface area contributed by atoms with Crippen molar-refractivity contribution in [1.82, 2.24) is 10.2 Å². The van der Waals surface area contributed by atoms with Crippen molar-refractivity contribution in [3.63, 3.8) is 0 Å². The number of carbonyl (C=O) groups excluding carboxylic acids is 1. The van der Waals surface area contributed by atoms with Crippen LogP contribution in [0.2, 0.25) is 0 Å². The highest BCUT2D eigenvalue weighted by atomic mass is 16.2. The normalized spacial score (nSPS) is 15.2. The van der Waals surface area contributed by atoms with Crippen LogP contribution < -0.4 is 5.32 Å². The van der Waals surface area contributed by atoms with E-state index < -0.39 is 0 Å². The minimum atomic E-state index is 0.230. The molecule has 1 aliphatic rings. The third kappa shape index (κ3) is 4.45. The third-order valence-corrected chi connectivity index (χ3v) is 4.74. The van der Waals surface area contributed by atoms with Crippen LogP contribution in [0.5, 0.6) is 0 Å². The molecular weight excluding hydrogens is 296 g/mol. The number of piperidine rings is 1. The molecule has 2 aromatic carbocycles. The van der Waals surface area contributed by atoms with E-state index in [-0.39, 0.29) is 5.91 Å². The molecule has 1 saturated heterocycles. The molecule has 0 spiro atoms. The van der Waals surface area contributed by atoms with Crippen LogP contribution in [0.25, 0.3) is 0 Å². The van der Waals surface area contributed by atoms with Gasteiger partial charge in [-0.05, 0) is 44.0 Å². The first kappa shape index (κ1) is 16.7. The van der Waals surface area contributed by atoms with Crippen LogP contribution in [-0.4, -0.2) is 29.9 Å². The van der Waals surface area contributed by atoms with Crippen molar-refractivity contribution in [2.75, 3.05) is 13.1 Å². The van der Waals surface area contributed by atoms with Crippen molar-refractivity contribution in [2.45, 2.75) is 38.8 Å². The van der Waals surface area contributed by atoms with Gasteiger partial charge >= 0.3 is 0 Å². The number of nitrogens with one attached hydrogen (secondary N) is 1. The van der Waals surface area contributed by atoms with Crippen LogP contribution >= 0.6 is 0 Å². The molecule has 0 saturated carbocycles. The predicted octanol–water partition coefficient (Wildman–Crippen LogP) is 3.32. The van der Waals surface area contributed by atoms with E-state index in [9.17, 15) is 4.79 Å². The molecule has 1 N–H and O–H groups in total. The number of amides is 1. The number of nitrogens with zero attached hydrogens (tertiary/aromatic N) is 1. The lowest BCUT2D eigenvalue weighted by atomic mass is 10.0. The van der Waals surface area contributed by atoms with Crippen LogP contribution in [0.3, 0.4) is 0 Å². The van der Waals surface area contributed by atoms with Gasteiger partial charge in [0.25, 0.3) is 0 Å². The molecule has 3 rings (SSSR count). The van der Waals surface area contributed by atoms with Gasteiger partial charge in [-0.1, -0.05) is 60.2 Å². The molecule has 24 heavy (non-hydrogen) atoms. The van der Waals surface area contributed by atoms with Gasteiger partial charge in [0.05, 0.1) is 6.42 Å². The molecule has 0 unspecified atom stereocenters. The molecule has 0 atom stereocenters. The first-order valence-corrected chi connectivity index (χ1v) is 8.82. The van der Waals surface area contributed by atoms with Crippen molar-refractivity contribution in [2.24, 2.45) is 0 Å². The molecule has 0 aromatic heterocycles. The molecule has 0 radical (unpaired) electrons. The summed E-state index contributed by atoms with van der Waals surface area (Å²) in [6.07, 6.45) is 2.55. The van der Waals surface area contributed by atoms with E-state index in [2.05, 4.69) is 41.4 Å². The van der Waals surface area contributed by atoms with Crippen LogP contribution in [0, 0.1) is 6.92 Å². The summed E-state index contributed by atoms with van der Waals surface area (Å²) in [5, 5.41) is 3.39. The molecule has 2 aromatic rings. The van der Waals surface area contributed by atoms with Gasteiger partial charge in [0.1, 0.15) is 0 Å². The largest absolute Gasteiger partial charge is 0.335 e. The van der Waals surface area contributed by atoms with Gasteiger partial charge in [-0.2, -0.15) is 0 Å². The quantitative estimate of drug-likeness (QED) is 0.916. The zero-order chi connectivity index (χ0) is 16.8. The number of rotatable bonds is 5. The van der Waals surface area contributed by atoms with Crippen molar-refractivity contribution in [1.29, 1.82) is 0 Å². The van der Waals surface area contributed by atoms with Gasteiger partial charge < -0.3 is 10.2 Å². The van der Waals surface area contributed by atoms with Gasteiger partial charge in [0.15, 0.2) is 0 Å². The standard InChI is InChI=1S/C21H26N2O/c1-17-7-9-19(10-8-17)16-23(20-11-13-22-14-12-20)21(24)15-18-5-3-2-4-6-18/h2-10,20,22H,11-16H2,1H3. The Balaban J connectivity index is 1.75. The third-order valence-electron chi connectivity index (χ3n) is 4.74. The molecular formula is C21H26N2O. The summed E-state index contributed by atoms with van der Waals surface area (Å²) in [6.45, 7) is 4.78. The first-order valence-electron chi connectivity index (χ1n) is 8.82. The van der Waals surface area contributed by atoms with Gasteiger partial charge in [-0.25, -0.2) is 0 Å². The SMILES string of the molecule is Cc1ccc(CN(C(=O)Cc2ccccc2)C2CCNCC2)cc1. The summed E-state index contributed by atoms with van der Waals surface area (Å²) in [6, 6.07) is 18.9. The summed E-state index contributed by atoms with van der Waals surface area (Å²) >= 11 is 0. The average molecular weight is 322 g/mol. The van der Waals surface area contributed by atoms with Crippen molar-refractivity contribution in [3.05, 3.63) is 71.3 Å². The van der Waals surface area contributed by atoms with Crippen LogP contribution in [0.15, 0.2) is 54.6 Å². The highest BCUT2D eigenvalue weighted by molar-refractivity contribution is 5.79. The van der Waals surface area contributed by atoms with Crippen LogP contribution in [-0.2, 0) is 17.8 Å². The predicted molar refractivity (Wildman–Crippen MR) is 97.8 cm³/mol. The van der Waals surface area contributed by atoms with Gasteiger partial charge in [-0.15, -0.1) is 0 Å². The number of carbonyl (C=O) groups is 1. The van der Waals surface area contributed by atoms with E-state index in [1.165, 1.54) is 11.1 Å². The number of hydrogen-bond donors (Lipinski definition) is 1. The molecule has 1 heterocycles. The fraction of sp³-hybridized carbons (Fsp3) is 0.381. The van der Waals surface area contributed by atoms with Crippen molar-refractivity contribution < 1.29 is 4.79 Å². The molecule has 1 amide bonds. The number of benzene rings is 2. The maximum atomic E-state index is 13.0. The van der Waals surface area contributed by atoms with Gasteiger partial charge in [-0.3, -0.25) is 4.79 Å². The second-order valence-corrected chi connectivity index (χ2v) is 6.65. The molecule has 1 aliphatic heterocycles. The summed E-state index contributed by atoms with van der Waals surface area (Å²) < 4.78 is 0. The topological polar surface area (TPSA) is 32.3 Å².